The molecule has 0 radical (unpaired) electrons. The second-order valence-corrected chi connectivity index (χ2v) is 5.86. The van der Waals surface area contributed by atoms with Gasteiger partial charge in [-0.2, -0.15) is 5.26 Å². The van der Waals surface area contributed by atoms with Crippen LogP contribution in [0.25, 0.3) is 10.9 Å². The molecule has 3 rings (SSSR count). The van der Waals surface area contributed by atoms with Crippen LogP contribution in [0.3, 0.4) is 0 Å². The first-order valence-corrected chi connectivity index (χ1v) is 8.09. The van der Waals surface area contributed by atoms with Gasteiger partial charge in [0.05, 0.1) is 17.1 Å². The standard InChI is InChI=1S/C18H20N4O/c19-10-4-1-5-11-20-17-12-15(18(23)21-13-8-9-13)14-6-2-3-7-16(14)22-17/h2-3,6-7,12-13H,1,4-5,8-9,11H2,(H,20,22)(H,21,23). The molecule has 1 heterocycles. The van der Waals surface area contributed by atoms with Crippen LogP contribution in [0.4, 0.5) is 5.82 Å². The molecule has 0 spiro atoms. The van der Waals surface area contributed by atoms with Crippen molar-refractivity contribution in [2.24, 2.45) is 0 Å². The molecule has 0 unspecified atom stereocenters. The van der Waals surface area contributed by atoms with Crippen molar-refractivity contribution in [3.63, 3.8) is 0 Å². The highest BCUT2D eigenvalue weighted by molar-refractivity contribution is 6.07. The Morgan fingerprint density at radius 3 is 2.91 bits per heavy atom. The molecule has 1 aromatic heterocycles. The fourth-order valence-corrected chi connectivity index (χ4v) is 2.49. The van der Waals surface area contributed by atoms with Gasteiger partial charge >= 0.3 is 0 Å². The van der Waals surface area contributed by atoms with Crippen molar-refractivity contribution in [2.45, 2.75) is 38.1 Å². The van der Waals surface area contributed by atoms with Crippen LogP contribution in [0.5, 0.6) is 0 Å². The quantitative estimate of drug-likeness (QED) is 0.770. The fourth-order valence-electron chi connectivity index (χ4n) is 2.49. The summed E-state index contributed by atoms with van der Waals surface area (Å²) in [5.41, 5.74) is 1.48. The van der Waals surface area contributed by atoms with E-state index >= 15 is 0 Å². The zero-order valence-corrected chi connectivity index (χ0v) is 13.0. The Bertz CT molecular complexity index is 746. The van der Waals surface area contributed by atoms with Gasteiger partial charge in [0.2, 0.25) is 0 Å². The highest BCUT2D eigenvalue weighted by Gasteiger charge is 2.24. The maximum Gasteiger partial charge on any atom is 0.252 e. The summed E-state index contributed by atoms with van der Waals surface area (Å²) in [5.74, 6) is 0.681. The molecule has 1 fully saturated rings. The van der Waals surface area contributed by atoms with E-state index in [2.05, 4.69) is 21.7 Å². The van der Waals surface area contributed by atoms with Gasteiger partial charge < -0.3 is 10.6 Å². The molecule has 0 atom stereocenters. The summed E-state index contributed by atoms with van der Waals surface area (Å²) in [4.78, 5) is 17.0. The fraction of sp³-hybridized carbons (Fsp3) is 0.389. The molecule has 118 valence electrons. The van der Waals surface area contributed by atoms with Gasteiger partial charge in [-0.25, -0.2) is 4.98 Å². The Hall–Kier alpha value is -2.61. The van der Waals surface area contributed by atoms with E-state index in [1.807, 2.05) is 30.3 Å². The second kappa shape index (κ2) is 7.10. The summed E-state index contributed by atoms with van der Waals surface area (Å²) < 4.78 is 0. The Morgan fingerprint density at radius 2 is 2.13 bits per heavy atom. The molecule has 1 amide bonds. The molecule has 1 aliphatic carbocycles. The number of para-hydroxylation sites is 1. The van der Waals surface area contributed by atoms with Crippen molar-refractivity contribution in [2.75, 3.05) is 11.9 Å². The van der Waals surface area contributed by atoms with E-state index in [0.717, 1.165) is 43.1 Å². The monoisotopic (exact) mass is 308 g/mol. The molecule has 1 saturated carbocycles. The zero-order chi connectivity index (χ0) is 16.1. The van der Waals surface area contributed by atoms with Crippen LogP contribution in [0, 0.1) is 11.3 Å². The van der Waals surface area contributed by atoms with Crippen molar-refractivity contribution < 1.29 is 4.79 Å². The van der Waals surface area contributed by atoms with Gasteiger partial charge in [-0.15, -0.1) is 0 Å². The number of nitrogens with one attached hydrogen (secondary N) is 2. The summed E-state index contributed by atoms with van der Waals surface area (Å²) in [6, 6.07) is 12.0. The smallest absolute Gasteiger partial charge is 0.252 e. The van der Waals surface area contributed by atoms with Crippen LogP contribution in [-0.2, 0) is 0 Å². The van der Waals surface area contributed by atoms with Crippen LogP contribution in [-0.4, -0.2) is 23.5 Å². The van der Waals surface area contributed by atoms with E-state index in [-0.39, 0.29) is 5.91 Å². The Kier molecular flexibility index (Phi) is 4.72. The molecule has 1 aliphatic rings. The Labute approximate surface area is 135 Å². The summed E-state index contributed by atoms with van der Waals surface area (Å²) in [7, 11) is 0. The average Bonchev–Trinajstić information content (AvgIpc) is 3.38. The van der Waals surface area contributed by atoms with Gasteiger partial charge in [0.25, 0.3) is 5.91 Å². The van der Waals surface area contributed by atoms with Gasteiger partial charge in [0.15, 0.2) is 0 Å². The van der Waals surface area contributed by atoms with Gasteiger partial charge in [0.1, 0.15) is 5.82 Å². The third-order valence-corrected chi connectivity index (χ3v) is 3.89. The summed E-state index contributed by atoms with van der Waals surface area (Å²) >= 11 is 0. The molecule has 1 aromatic carbocycles. The maximum absolute atomic E-state index is 12.5. The Balaban J connectivity index is 1.78. The van der Waals surface area contributed by atoms with E-state index in [9.17, 15) is 4.79 Å². The molecular formula is C18H20N4O. The van der Waals surface area contributed by atoms with E-state index in [1.165, 1.54) is 0 Å². The minimum Gasteiger partial charge on any atom is -0.370 e. The van der Waals surface area contributed by atoms with E-state index in [0.29, 0.717) is 23.8 Å². The molecule has 23 heavy (non-hydrogen) atoms. The molecule has 2 N–H and O–H groups in total. The molecule has 0 bridgehead atoms. The van der Waals surface area contributed by atoms with Crippen molar-refractivity contribution in [3.8, 4) is 6.07 Å². The normalized spacial score (nSPS) is 13.5. The minimum atomic E-state index is -0.0290. The number of carbonyl (C=O) groups excluding carboxylic acids is 1. The SMILES string of the molecule is N#CCCCCNc1cc(C(=O)NC2CC2)c2ccccc2n1. The van der Waals surface area contributed by atoms with E-state index in [1.54, 1.807) is 0 Å². The third-order valence-electron chi connectivity index (χ3n) is 3.89. The first kappa shape index (κ1) is 15.3. The number of pyridine rings is 1. The zero-order valence-electron chi connectivity index (χ0n) is 13.0. The summed E-state index contributed by atoms with van der Waals surface area (Å²) in [6.07, 6.45) is 4.48. The predicted molar refractivity (Wildman–Crippen MR) is 90.2 cm³/mol. The van der Waals surface area contributed by atoms with Gasteiger partial charge in [-0.3, -0.25) is 4.79 Å². The number of nitriles is 1. The maximum atomic E-state index is 12.5. The number of rotatable bonds is 7. The molecule has 2 aromatic rings. The minimum absolute atomic E-state index is 0.0290. The van der Waals surface area contributed by atoms with Crippen molar-refractivity contribution in [3.05, 3.63) is 35.9 Å². The van der Waals surface area contributed by atoms with Crippen molar-refractivity contribution >= 4 is 22.6 Å². The van der Waals surface area contributed by atoms with Gasteiger partial charge in [-0.05, 0) is 37.8 Å². The number of aromatic nitrogens is 1. The number of unbranched alkanes of at least 4 members (excludes halogenated alkanes) is 2. The number of nitrogens with zero attached hydrogens (tertiary/aromatic N) is 2. The van der Waals surface area contributed by atoms with Crippen LogP contribution >= 0.6 is 0 Å². The van der Waals surface area contributed by atoms with Gasteiger partial charge in [0, 0.05) is 24.4 Å². The van der Waals surface area contributed by atoms with Gasteiger partial charge in [-0.1, -0.05) is 18.2 Å². The third kappa shape index (κ3) is 3.98. The summed E-state index contributed by atoms with van der Waals surface area (Å²) in [5, 5.41) is 15.7. The number of carbonyl (C=O) groups is 1. The highest BCUT2D eigenvalue weighted by atomic mass is 16.1. The van der Waals surface area contributed by atoms with E-state index in [4.69, 9.17) is 5.26 Å². The Morgan fingerprint density at radius 1 is 1.30 bits per heavy atom. The highest BCUT2D eigenvalue weighted by Crippen LogP contribution is 2.24. The van der Waals surface area contributed by atoms with Crippen LogP contribution in [0.15, 0.2) is 30.3 Å². The number of fused-ring (bicyclic) bond motifs is 1. The molecule has 5 heteroatoms. The lowest BCUT2D eigenvalue weighted by Crippen LogP contribution is -2.25. The second-order valence-electron chi connectivity index (χ2n) is 5.86. The molecule has 5 nitrogen and oxygen atoms in total. The number of anilines is 1. The number of amides is 1. The first-order valence-electron chi connectivity index (χ1n) is 8.09. The lowest BCUT2D eigenvalue weighted by molar-refractivity contribution is 0.0952. The lowest BCUT2D eigenvalue weighted by Gasteiger charge is -2.11. The van der Waals surface area contributed by atoms with Crippen molar-refractivity contribution in [1.82, 2.24) is 10.3 Å². The largest absolute Gasteiger partial charge is 0.370 e. The topological polar surface area (TPSA) is 77.8 Å². The van der Waals surface area contributed by atoms with E-state index < -0.39 is 0 Å². The van der Waals surface area contributed by atoms with Crippen LogP contribution in [0.2, 0.25) is 0 Å². The first-order chi connectivity index (χ1) is 11.3. The van der Waals surface area contributed by atoms with Crippen molar-refractivity contribution in [1.29, 1.82) is 5.26 Å². The predicted octanol–water partition coefficient (Wildman–Crippen LogP) is 3.23. The molecular weight excluding hydrogens is 288 g/mol. The lowest BCUT2D eigenvalue weighted by atomic mass is 10.1. The number of hydrogen-bond donors (Lipinski definition) is 2. The molecule has 0 saturated heterocycles. The number of hydrogen-bond acceptors (Lipinski definition) is 4. The number of benzene rings is 1. The van der Waals surface area contributed by atoms with Crippen LogP contribution in [0.1, 0.15) is 42.5 Å². The molecule has 0 aliphatic heterocycles. The average molecular weight is 308 g/mol. The summed E-state index contributed by atoms with van der Waals surface area (Å²) in [6.45, 7) is 0.747. The van der Waals surface area contributed by atoms with Crippen LogP contribution < -0.4 is 10.6 Å².